The van der Waals surface area contributed by atoms with Crippen LogP contribution in [0.4, 0.5) is 10.5 Å². The fourth-order valence-corrected chi connectivity index (χ4v) is 2.57. The zero-order chi connectivity index (χ0) is 14.5. The molecule has 2 atom stereocenters. The number of hydrogen-bond acceptors (Lipinski definition) is 3. The number of piperidine rings is 1. The summed E-state index contributed by atoms with van der Waals surface area (Å²) in [5.74, 6) is 1.12. The van der Waals surface area contributed by atoms with Crippen molar-refractivity contribution in [1.29, 1.82) is 0 Å². The van der Waals surface area contributed by atoms with E-state index >= 15 is 0 Å². The second-order valence-electron chi connectivity index (χ2n) is 5.23. The van der Waals surface area contributed by atoms with Crippen molar-refractivity contribution in [1.82, 2.24) is 4.90 Å². The Balaban J connectivity index is 1.97. The van der Waals surface area contributed by atoms with Crippen molar-refractivity contribution < 1.29 is 9.53 Å². The van der Waals surface area contributed by atoms with Crippen LogP contribution < -0.4 is 15.8 Å². The van der Waals surface area contributed by atoms with E-state index in [0.717, 1.165) is 30.8 Å². The van der Waals surface area contributed by atoms with Gasteiger partial charge in [-0.1, -0.05) is 19.4 Å². The number of rotatable bonds is 3. The number of hydrogen-bond donors (Lipinski definition) is 2. The van der Waals surface area contributed by atoms with Crippen LogP contribution in [0, 0.1) is 5.92 Å². The van der Waals surface area contributed by atoms with E-state index in [4.69, 9.17) is 10.5 Å². The Morgan fingerprint density at radius 3 is 3.05 bits per heavy atom. The molecule has 0 bridgehead atoms. The molecule has 2 amide bonds. The molecule has 2 rings (SSSR count). The summed E-state index contributed by atoms with van der Waals surface area (Å²) in [6.07, 6.45) is 1.87. The largest absolute Gasteiger partial charge is 0.497 e. The fraction of sp³-hybridized carbons (Fsp3) is 0.533. The summed E-state index contributed by atoms with van der Waals surface area (Å²) in [7, 11) is 1.61. The highest BCUT2D eigenvalue weighted by Gasteiger charge is 2.28. The van der Waals surface area contributed by atoms with E-state index in [9.17, 15) is 4.79 Å². The molecule has 0 spiro atoms. The Morgan fingerprint density at radius 1 is 1.55 bits per heavy atom. The predicted molar refractivity (Wildman–Crippen MR) is 80.0 cm³/mol. The van der Waals surface area contributed by atoms with E-state index in [1.54, 1.807) is 7.11 Å². The van der Waals surface area contributed by atoms with Crippen LogP contribution in [0.15, 0.2) is 24.3 Å². The van der Waals surface area contributed by atoms with E-state index < -0.39 is 0 Å². The molecular formula is C15H23N3O2. The first kappa shape index (κ1) is 14.7. The molecule has 1 heterocycles. The molecular weight excluding hydrogens is 254 g/mol. The minimum absolute atomic E-state index is 0.0661. The summed E-state index contributed by atoms with van der Waals surface area (Å²) in [5, 5.41) is 2.91. The third-order valence-electron chi connectivity index (χ3n) is 3.93. The molecule has 2 unspecified atom stereocenters. The summed E-state index contributed by atoms with van der Waals surface area (Å²) < 4.78 is 5.15. The number of nitrogens with zero attached hydrogens (tertiary/aromatic N) is 1. The quantitative estimate of drug-likeness (QED) is 0.890. The Kier molecular flexibility index (Phi) is 4.84. The number of likely N-dealkylation sites (tertiary alicyclic amines) is 1. The first-order valence-electron chi connectivity index (χ1n) is 7.09. The summed E-state index contributed by atoms with van der Waals surface area (Å²) in [4.78, 5) is 14.1. The zero-order valence-corrected chi connectivity index (χ0v) is 12.1. The standard InChI is InChI=1S/C15H23N3O2/c1-3-11-10-18(8-7-14(11)16)15(19)17-12-5-4-6-13(9-12)20-2/h4-6,9,11,14H,3,7-8,10,16H2,1-2H3,(H,17,19). The lowest BCUT2D eigenvalue weighted by Crippen LogP contribution is -2.50. The highest BCUT2D eigenvalue weighted by Crippen LogP contribution is 2.21. The molecule has 0 saturated carbocycles. The molecule has 0 aromatic heterocycles. The first-order valence-corrected chi connectivity index (χ1v) is 7.09. The molecule has 1 fully saturated rings. The average molecular weight is 277 g/mol. The van der Waals surface area contributed by atoms with Crippen LogP contribution in [0.1, 0.15) is 19.8 Å². The molecule has 5 heteroatoms. The number of methoxy groups -OCH3 is 1. The molecule has 1 aliphatic rings. The Bertz CT molecular complexity index is 464. The van der Waals surface area contributed by atoms with Crippen LogP contribution in [0.5, 0.6) is 5.75 Å². The van der Waals surface area contributed by atoms with Crippen molar-refractivity contribution in [2.75, 3.05) is 25.5 Å². The molecule has 1 aromatic carbocycles. The summed E-state index contributed by atoms with van der Waals surface area (Å²) >= 11 is 0. The molecule has 1 aromatic rings. The molecule has 0 radical (unpaired) electrons. The van der Waals surface area contributed by atoms with Crippen molar-refractivity contribution in [2.45, 2.75) is 25.8 Å². The number of carbonyl (C=O) groups excluding carboxylic acids is 1. The lowest BCUT2D eigenvalue weighted by molar-refractivity contribution is 0.164. The molecule has 110 valence electrons. The second-order valence-corrected chi connectivity index (χ2v) is 5.23. The van der Waals surface area contributed by atoms with Gasteiger partial charge in [-0.25, -0.2) is 4.79 Å². The van der Waals surface area contributed by atoms with Gasteiger partial charge in [0.1, 0.15) is 5.75 Å². The number of amides is 2. The predicted octanol–water partition coefficient (Wildman–Crippen LogP) is 2.29. The fourth-order valence-electron chi connectivity index (χ4n) is 2.57. The van der Waals surface area contributed by atoms with Gasteiger partial charge in [-0.05, 0) is 24.5 Å². The van der Waals surface area contributed by atoms with Gasteiger partial charge in [0.15, 0.2) is 0 Å². The van der Waals surface area contributed by atoms with Crippen LogP contribution in [-0.2, 0) is 0 Å². The number of urea groups is 1. The van der Waals surface area contributed by atoms with Gasteiger partial charge >= 0.3 is 6.03 Å². The van der Waals surface area contributed by atoms with Gasteiger partial charge in [0.25, 0.3) is 0 Å². The van der Waals surface area contributed by atoms with Gasteiger partial charge in [-0.15, -0.1) is 0 Å². The SMILES string of the molecule is CCC1CN(C(=O)Nc2cccc(OC)c2)CCC1N. The normalized spacial score (nSPS) is 22.4. The van der Waals surface area contributed by atoms with E-state index in [0.29, 0.717) is 12.5 Å². The van der Waals surface area contributed by atoms with Gasteiger partial charge in [0.2, 0.25) is 0 Å². The van der Waals surface area contributed by atoms with E-state index in [1.807, 2.05) is 29.2 Å². The van der Waals surface area contributed by atoms with Crippen molar-refractivity contribution >= 4 is 11.7 Å². The van der Waals surface area contributed by atoms with Crippen LogP contribution in [0.25, 0.3) is 0 Å². The maximum Gasteiger partial charge on any atom is 0.321 e. The molecule has 1 aliphatic heterocycles. The lowest BCUT2D eigenvalue weighted by atomic mass is 9.91. The highest BCUT2D eigenvalue weighted by molar-refractivity contribution is 5.89. The zero-order valence-electron chi connectivity index (χ0n) is 12.1. The van der Waals surface area contributed by atoms with Crippen LogP contribution in [0.2, 0.25) is 0 Å². The van der Waals surface area contributed by atoms with Crippen molar-refractivity contribution in [3.63, 3.8) is 0 Å². The maximum atomic E-state index is 12.3. The minimum atomic E-state index is -0.0661. The Morgan fingerprint density at radius 2 is 2.35 bits per heavy atom. The summed E-state index contributed by atoms with van der Waals surface area (Å²) in [6, 6.07) is 7.51. The topological polar surface area (TPSA) is 67.6 Å². The van der Waals surface area contributed by atoms with Crippen molar-refractivity contribution in [2.24, 2.45) is 11.7 Å². The summed E-state index contributed by atoms with van der Waals surface area (Å²) in [6.45, 7) is 3.56. The lowest BCUT2D eigenvalue weighted by Gasteiger charge is -2.36. The minimum Gasteiger partial charge on any atom is -0.497 e. The van der Waals surface area contributed by atoms with E-state index in [2.05, 4.69) is 12.2 Å². The molecule has 5 nitrogen and oxygen atoms in total. The number of anilines is 1. The van der Waals surface area contributed by atoms with Crippen molar-refractivity contribution in [3.8, 4) is 5.75 Å². The number of nitrogens with two attached hydrogens (primary N) is 1. The van der Waals surface area contributed by atoms with Gasteiger partial charge in [-0.3, -0.25) is 0 Å². The smallest absolute Gasteiger partial charge is 0.321 e. The van der Waals surface area contributed by atoms with Gasteiger partial charge in [0.05, 0.1) is 7.11 Å². The molecule has 0 aliphatic carbocycles. The number of ether oxygens (including phenoxy) is 1. The van der Waals surface area contributed by atoms with Crippen LogP contribution >= 0.6 is 0 Å². The summed E-state index contributed by atoms with van der Waals surface area (Å²) in [5.41, 5.74) is 6.81. The molecule has 20 heavy (non-hydrogen) atoms. The second kappa shape index (κ2) is 6.61. The van der Waals surface area contributed by atoms with Gasteiger partial charge in [0, 0.05) is 30.9 Å². The number of carbonyl (C=O) groups is 1. The van der Waals surface area contributed by atoms with Crippen LogP contribution in [0.3, 0.4) is 0 Å². The highest BCUT2D eigenvalue weighted by atomic mass is 16.5. The monoisotopic (exact) mass is 277 g/mol. The van der Waals surface area contributed by atoms with E-state index in [-0.39, 0.29) is 12.1 Å². The van der Waals surface area contributed by atoms with Crippen LogP contribution in [-0.4, -0.2) is 37.2 Å². The van der Waals surface area contributed by atoms with E-state index in [1.165, 1.54) is 0 Å². The first-order chi connectivity index (χ1) is 9.63. The van der Waals surface area contributed by atoms with Crippen molar-refractivity contribution in [3.05, 3.63) is 24.3 Å². The van der Waals surface area contributed by atoms with Gasteiger partial charge in [-0.2, -0.15) is 0 Å². The number of nitrogens with one attached hydrogen (secondary N) is 1. The third kappa shape index (κ3) is 3.42. The molecule has 3 N–H and O–H groups in total. The Labute approximate surface area is 120 Å². The Hall–Kier alpha value is -1.75. The molecule has 1 saturated heterocycles. The average Bonchev–Trinajstić information content (AvgIpc) is 2.47. The van der Waals surface area contributed by atoms with Gasteiger partial charge < -0.3 is 20.7 Å². The third-order valence-corrected chi connectivity index (χ3v) is 3.93. The number of benzene rings is 1. The maximum absolute atomic E-state index is 12.3.